The normalized spacial score (nSPS) is 20.8. The largest absolute Gasteiger partial charge is 0.496 e. The summed E-state index contributed by atoms with van der Waals surface area (Å²) < 4.78 is 5.33. The third kappa shape index (κ3) is 5.08. The molecule has 0 saturated carbocycles. The van der Waals surface area contributed by atoms with E-state index in [1.54, 1.807) is 19.2 Å². The fourth-order valence-corrected chi connectivity index (χ4v) is 6.36. The third-order valence-electron chi connectivity index (χ3n) is 8.39. The van der Waals surface area contributed by atoms with Gasteiger partial charge in [0.15, 0.2) is 0 Å². The number of fused-ring (bicyclic) bond motifs is 1. The van der Waals surface area contributed by atoms with Crippen LogP contribution < -0.4 is 15.4 Å². The lowest BCUT2D eigenvalue weighted by Crippen LogP contribution is -2.51. The van der Waals surface area contributed by atoms with Gasteiger partial charge in [-0.25, -0.2) is 0 Å². The smallest absolute Gasteiger partial charge is 0.255 e. The molecule has 3 amide bonds. The Balaban J connectivity index is 1.32. The molecule has 1 aliphatic carbocycles. The SMILES string of the molecule is CCNC(=O)C1(c2ccccc2)CCC(C(=O)N2CCC(NC(=O)c3ccccc3OC)CC2)c2ccccc21. The number of rotatable bonds is 7. The molecule has 3 aromatic carbocycles. The van der Waals surface area contributed by atoms with Gasteiger partial charge < -0.3 is 20.3 Å². The summed E-state index contributed by atoms with van der Waals surface area (Å²) in [5, 5.41) is 6.18. The Labute approximate surface area is 235 Å². The Hall–Kier alpha value is -4.13. The number of carbonyl (C=O) groups excluding carboxylic acids is 3. The van der Waals surface area contributed by atoms with Crippen LogP contribution in [-0.2, 0) is 15.0 Å². The minimum atomic E-state index is -0.833. The van der Waals surface area contributed by atoms with Gasteiger partial charge >= 0.3 is 0 Å². The second kappa shape index (κ2) is 11.9. The van der Waals surface area contributed by atoms with Crippen molar-refractivity contribution in [2.24, 2.45) is 0 Å². The van der Waals surface area contributed by atoms with E-state index in [1.807, 2.05) is 78.6 Å². The van der Waals surface area contributed by atoms with Gasteiger partial charge in [0.25, 0.3) is 5.91 Å². The van der Waals surface area contributed by atoms with E-state index in [0.717, 1.165) is 16.7 Å². The molecule has 0 bridgehead atoms. The summed E-state index contributed by atoms with van der Waals surface area (Å²) in [5.41, 5.74) is 2.47. The van der Waals surface area contributed by atoms with Crippen molar-refractivity contribution < 1.29 is 19.1 Å². The average Bonchev–Trinajstić information content (AvgIpc) is 3.01. The number of amides is 3. The van der Waals surface area contributed by atoms with E-state index in [-0.39, 0.29) is 29.7 Å². The van der Waals surface area contributed by atoms with E-state index >= 15 is 0 Å². The summed E-state index contributed by atoms with van der Waals surface area (Å²) in [4.78, 5) is 42.4. The first-order chi connectivity index (χ1) is 19.5. The van der Waals surface area contributed by atoms with Crippen molar-refractivity contribution in [3.8, 4) is 5.75 Å². The zero-order valence-corrected chi connectivity index (χ0v) is 23.2. The Morgan fingerprint density at radius 3 is 2.30 bits per heavy atom. The molecule has 2 N–H and O–H groups in total. The van der Waals surface area contributed by atoms with Gasteiger partial charge in [-0.3, -0.25) is 14.4 Å². The zero-order valence-electron chi connectivity index (χ0n) is 23.2. The number of para-hydroxylation sites is 1. The van der Waals surface area contributed by atoms with E-state index in [2.05, 4.69) is 10.6 Å². The Morgan fingerprint density at radius 1 is 0.900 bits per heavy atom. The molecule has 2 aliphatic rings. The van der Waals surface area contributed by atoms with Crippen LogP contribution in [0.15, 0.2) is 78.9 Å². The molecule has 7 nitrogen and oxygen atoms in total. The van der Waals surface area contributed by atoms with Crippen molar-refractivity contribution in [2.45, 2.75) is 50.0 Å². The average molecular weight is 540 g/mol. The van der Waals surface area contributed by atoms with E-state index in [1.165, 1.54) is 0 Å². The second-order valence-electron chi connectivity index (χ2n) is 10.6. The summed E-state index contributed by atoms with van der Waals surface area (Å²) in [5.74, 6) is 0.154. The summed E-state index contributed by atoms with van der Waals surface area (Å²) >= 11 is 0. The molecule has 2 atom stereocenters. The van der Waals surface area contributed by atoms with E-state index in [4.69, 9.17) is 4.74 Å². The van der Waals surface area contributed by atoms with Crippen LogP contribution in [0, 0.1) is 0 Å². The van der Waals surface area contributed by atoms with Gasteiger partial charge in [0, 0.05) is 25.7 Å². The Bertz CT molecular complexity index is 1370. The highest BCUT2D eigenvalue weighted by molar-refractivity contribution is 5.97. The van der Waals surface area contributed by atoms with E-state index in [9.17, 15) is 14.4 Å². The number of likely N-dealkylation sites (tertiary alicyclic amines) is 1. The topological polar surface area (TPSA) is 87.7 Å². The molecule has 1 heterocycles. The van der Waals surface area contributed by atoms with Crippen LogP contribution in [-0.4, -0.2) is 55.4 Å². The Kier molecular flexibility index (Phi) is 8.19. The predicted molar refractivity (Wildman–Crippen MR) is 154 cm³/mol. The number of piperidine rings is 1. The van der Waals surface area contributed by atoms with Crippen LogP contribution in [0.5, 0.6) is 5.75 Å². The molecule has 1 aliphatic heterocycles. The number of carbonyl (C=O) groups is 3. The number of benzene rings is 3. The van der Waals surface area contributed by atoms with Gasteiger partial charge in [-0.05, 0) is 61.4 Å². The van der Waals surface area contributed by atoms with Crippen LogP contribution in [0.1, 0.15) is 65.6 Å². The van der Waals surface area contributed by atoms with Crippen LogP contribution >= 0.6 is 0 Å². The zero-order chi connectivity index (χ0) is 28.1. The first kappa shape index (κ1) is 27.4. The molecule has 0 radical (unpaired) electrons. The van der Waals surface area contributed by atoms with Crippen LogP contribution in [0.4, 0.5) is 0 Å². The van der Waals surface area contributed by atoms with E-state index < -0.39 is 5.41 Å². The second-order valence-corrected chi connectivity index (χ2v) is 10.6. The molecule has 208 valence electrons. The van der Waals surface area contributed by atoms with Crippen molar-refractivity contribution in [1.82, 2.24) is 15.5 Å². The maximum Gasteiger partial charge on any atom is 0.255 e. The highest BCUT2D eigenvalue weighted by Crippen LogP contribution is 2.47. The molecule has 5 rings (SSSR count). The maximum atomic E-state index is 13.9. The van der Waals surface area contributed by atoms with Gasteiger partial charge in [0.05, 0.1) is 24.0 Å². The van der Waals surface area contributed by atoms with E-state index in [0.29, 0.717) is 56.6 Å². The van der Waals surface area contributed by atoms with Gasteiger partial charge in [-0.2, -0.15) is 0 Å². The lowest BCUT2D eigenvalue weighted by molar-refractivity contribution is -0.135. The van der Waals surface area contributed by atoms with Gasteiger partial charge in [0.1, 0.15) is 5.75 Å². The molecule has 2 unspecified atom stereocenters. The first-order valence-electron chi connectivity index (χ1n) is 14.2. The van der Waals surface area contributed by atoms with Crippen molar-refractivity contribution in [1.29, 1.82) is 0 Å². The highest BCUT2D eigenvalue weighted by Gasteiger charge is 2.48. The van der Waals surface area contributed by atoms with Gasteiger partial charge in [0.2, 0.25) is 11.8 Å². The number of nitrogens with one attached hydrogen (secondary N) is 2. The predicted octanol–water partition coefficient (Wildman–Crippen LogP) is 4.42. The minimum Gasteiger partial charge on any atom is -0.496 e. The minimum absolute atomic E-state index is 0.0106. The molecule has 1 fully saturated rings. The third-order valence-corrected chi connectivity index (χ3v) is 8.39. The van der Waals surface area contributed by atoms with Gasteiger partial charge in [-0.1, -0.05) is 66.7 Å². The molecular formula is C33H37N3O4. The lowest BCUT2D eigenvalue weighted by Gasteiger charge is -2.42. The summed E-state index contributed by atoms with van der Waals surface area (Å²) in [6.07, 6.45) is 2.52. The van der Waals surface area contributed by atoms with Crippen LogP contribution in [0.2, 0.25) is 0 Å². The number of hydrogen-bond donors (Lipinski definition) is 2. The van der Waals surface area contributed by atoms with Crippen molar-refractivity contribution in [2.75, 3.05) is 26.7 Å². The maximum absolute atomic E-state index is 13.9. The van der Waals surface area contributed by atoms with Gasteiger partial charge in [-0.15, -0.1) is 0 Å². The molecule has 7 heteroatoms. The number of hydrogen-bond acceptors (Lipinski definition) is 4. The molecular weight excluding hydrogens is 502 g/mol. The summed E-state index contributed by atoms with van der Waals surface area (Å²) in [6, 6.07) is 25.0. The first-order valence-corrected chi connectivity index (χ1v) is 14.2. The number of nitrogens with zero attached hydrogens (tertiary/aromatic N) is 1. The summed E-state index contributed by atoms with van der Waals surface area (Å²) in [6.45, 7) is 3.63. The summed E-state index contributed by atoms with van der Waals surface area (Å²) in [7, 11) is 1.56. The molecule has 3 aromatic rings. The standard InChI is InChI=1S/C33H37N3O4/c1-3-34-32(39)33(23-11-5-4-6-12-23)20-17-26(25-13-7-9-15-28(25)33)31(38)36-21-18-24(19-22-36)35-30(37)27-14-8-10-16-29(27)40-2/h4-16,24,26H,3,17-22H2,1-2H3,(H,34,39)(H,35,37). The fourth-order valence-electron chi connectivity index (χ4n) is 6.36. The molecule has 0 aromatic heterocycles. The van der Waals surface area contributed by atoms with Crippen LogP contribution in [0.25, 0.3) is 0 Å². The van der Waals surface area contributed by atoms with Crippen LogP contribution in [0.3, 0.4) is 0 Å². The lowest BCUT2D eigenvalue weighted by atomic mass is 9.62. The molecule has 1 saturated heterocycles. The number of methoxy groups -OCH3 is 1. The highest BCUT2D eigenvalue weighted by atomic mass is 16.5. The fraction of sp³-hybridized carbons (Fsp3) is 0.364. The molecule has 40 heavy (non-hydrogen) atoms. The Morgan fingerprint density at radius 2 is 1.57 bits per heavy atom. The van der Waals surface area contributed by atoms with Crippen molar-refractivity contribution in [3.63, 3.8) is 0 Å². The van der Waals surface area contributed by atoms with Crippen molar-refractivity contribution >= 4 is 17.7 Å². The molecule has 0 spiro atoms. The monoisotopic (exact) mass is 539 g/mol. The van der Waals surface area contributed by atoms with Crippen molar-refractivity contribution in [3.05, 3.63) is 101 Å². The number of ether oxygens (including phenoxy) is 1. The quantitative estimate of drug-likeness (QED) is 0.466. The number of likely N-dealkylation sites (N-methyl/N-ethyl adjacent to an activating group) is 1.